The molecule has 2 aliphatic carbocycles. The molecular formula is C16H23NO. The lowest BCUT2D eigenvalue weighted by atomic mass is 9.70. The number of phenolic OH excluding ortho intramolecular Hbond substituents is 1. The van der Waals surface area contributed by atoms with E-state index in [1.807, 2.05) is 12.1 Å². The van der Waals surface area contributed by atoms with Crippen LogP contribution in [0.4, 0.5) is 0 Å². The summed E-state index contributed by atoms with van der Waals surface area (Å²) < 4.78 is 0. The average Bonchev–Trinajstić information content (AvgIpc) is 2.33. The van der Waals surface area contributed by atoms with Crippen LogP contribution < -0.4 is 5.32 Å². The second-order valence-corrected chi connectivity index (χ2v) is 6.37. The highest BCUT2D eigenvalue weighted by atomic mass is 16.3. The van der Waals surface area contributed by atoms with Crippen LogP contribution in [0.1, 0.15) is 56.2 Å². The first-order chi connectivity index (χ1) is 8.66. The minimum Gasteiger partial charge on any atom is -0.508 e. The number of rotatable bonds is 3. The Kier molecular flexibility index (Phi) is 3.06. The van der Waals surface area contributed by atoms with Crippen LogP contribution in [0, 0.1) is 5.41 Å². The highest BCUT2D eigenvalue weighted by Gasteiger charge is 2.32. The van der Waals surface area contributed by atoms with Gasteiger partial charge in [0.1, 0.15) is 5.75 Å². The fourth-order valence-electron chi connectivity index (χ4n) is 3.34. The van der Waals surface area contributed by atoms with Gasteiger partial charge in [-0.3, -0.25) is 0 Å². The second kappa shape index (κ2) is 4.58. The third-order valence-corrected chi connectivity index (χ3v) is 4.78. The zero-order valence-electron chi connectivity index (χ0n) is 11.2. The molecule has 0 saturated heterocycles. The van der Waals surface area contributed by atoms with E-state index >= 15 is 0 Å². The molecule has 0 bridgehead atoms. The Labute approximate surface area is 109 Å². The standard InChI is InChI=1S/C16H23NO/c1-16(8-3-9-16)11-17-15-5-2-4-12-10-13(18)6-7-14(12)15/h6-7,10,15,17-18H,2-5,8-9,11H2,1H3. The Hall–Kier alpha value is -1.02. The zero-order chi connectivity index (χ0) is 12.6. The lowest BCUT2D eigenvalue weighted by Gasteiger charge is -2.40. The number of phenols is 1. The number of hydrogen-bond donors (Lipinski definition) is 2. The minimum atomic E-state index is 0.403. The first-order valence-corrected chi connectivity index (χ1v) is 7.22. The van der Waals surface area contributed by atoms with Crippen LogP contribution >= 0.6 is 0 Å². The van der Waals surface area contributed by atoms with Crippen molar-refractivity contribution in [3.05, 3.63) is 29.3 Å². The normalized spacial score (nSPS) is 25.3. The van der Waals surface area contributed by atoms with Crippen molar-refractivity contribution in [2.45, 2.75) is 51.5 Å². The van der Waals surface area contributed by atoms with Crippen molar-refractivity contribution in [2.24, 2.45) is 5.41 Å². The summed E-state index contributed by atoms with van der Waals surface area (Å²) in [5.74, 6) is 0.403. The molecule has 0 heterocycles. The summed E-state index contributed by atoms with van der Waals surface area (Å²) in [6.07, 6.45) is 7.70. The summed E-state index contributed by atoms with van der Waals surface area (Å²) in [6, 6.07) is 6.36. The fourth-order valence-corrected chi connectivity index (χ4v) is 3.34. The maximum Gasteiger partial charge on any atom is 0.115 e. The molecule has 2 heteroatoms. The van der Waals surface area contributed by atoms with Crippen molar-refractivity contribution in [1.82, 2.24) is 5.32 Å². The molecule has 0 aliphatic heterocycles. The van der Waals surface area contributed by atoms with Gasteiger partial charge >= 0.3 is 0 Å². The van der Waals surface area contributed by atoms with Crippen LogP contribution in [0.2, 0.25) is 0 Å². The number of fused-ring (bicyclic) bond motifs is 1. The average molecular weight is 245 g/mol. The van der Waals surface area contributed by atoms with Crippen molar-refractivity contribution in [3.63, 3.8) is 0 Å². The van der Waals surface area contributed by atoms with E-state index in [1.165, 1.54) is 43.2 Å². The highest BCUT2D eigenvalue weighted by Crippen LogP contribution is 2.40. The topological polar surface area (TPSA) is 32.3 Å². The number of benzene rings is 1. The quantitative estimate of drug-likeness (QED) is 0.853. The van der Waals surface area contributed by atoms with Crippen LogP contribution in [0.5, 0.6) is 5.75 Å². The second-order valence-electron chi connectivity index (χ2n) is 6.37. The van der Waals surface area contributed by atoms with Crippen LogP contribution in [0.3, 0.4) is 0 Å². The Morgan fingerprint density at radius 2 is 2.17 bits per heavy atom. The molecule has 1 unspecified atom stereocenters. The molecule has 3 rings (SSSR count). The lowest BCUT2D eigenvalue weighted by molar-refractivity contribution is 0.149. The molecule has 0 aromatic heterocycles. The summed E-state index contributed by atoms with van der Waals surface area (Å²) in [5.41, 5.74) is 3.27. The van der Waals surface area contributed by atoms with Gasteiger partial charge in [-0.05, 0) is 60.8 Å². The molecule has 0 spiro atoms. The molecule has 1 fully saturated rings. The summed E-state index contributed by atoms with van der Waals surface area (Å²) in [4.78, 5) is 0. The zero-order valence-corrected chi connectivity index (χ0v) is 11.2. The van der Waals surface area contributed by atoms with Gasteiger partial charge in [-0.2, -0.15) is 0 Å². The number of aromatic hydroxyl groups is 1. The van der Waals surface area contributed by atoms with Gasteiger partial charge < -0.3 is 10.4 Å². The van der Waals surface area contributed by atoms with Crippen LogP contribution in [-0.4, -0.2) is 11.7 Å². The third kappa shape index (κ3) is 2.26. The largest absolute Gasteiger partial charge is 0.508 e. The molecule has 1 aromatic rings. The Morgan fingerprint density at radius 3 is 2.89 bits per heavy atom. The molecule has 0 amide bonds. The summed E-state index contributed by atoms with van der Waals surface area (Å²) >= 11 is 0. The van der Waals surface area contributed by atoms with Gasteiger partial charge in [0.05, 0.1) is 0 Å². The van der Waals surface area contributed by atoms with E-state index in [1.54, 1.807) is 0 Å². The van der Waals surface area contributed by atoms with Crippen molar-refractivity contribution in [1.29, 1.82) is 0 Å². The van der Waals surface area contributed by atoms with Gasteiger partial charge in [-0.15, -0.1) is 0 Å². The Morgan fingerprint density at radius 1 is 1.33 bits per heavy atom. The molecule has 1 atom stereocenters. The van der Waals surface area contributed by atoms with E-state index in [-0.39, 0.29) is 0 Å². The summed E-state index contributed by atoms with van der Waals surface area (Å²) in [5, 5.41) is 13.3. The molecule has 18 heavy (non-hydrogen) atoms. The van der Waals surface area contributed by atoms with Crippen LogP contribution in [-0.2, 0) is 6.42 Å². The number of hydrogen-bond acceptors (Lipinski definition) is 2. The summed E-state index contributed by atoms with van der Waals surface area (Å²) in [6.45, 7) is 3.53. The first kappa shape index (κ1) is 12.0. The Bertz CT molecular complexity index is 437. The molecule has 98 valence electrons. The molecule has 0 radical (unpaired) electrons. The fraction of sp³-hybridized carbons (Fsp3) is 0.625. The molecular weight excluding hydrogens is 222 g/mol. The van der Waals surface area contributed by atoms with Gasteiger partial charge in [0.25, 0.3) is 0 Å². The Balaban J connectivity index is 1.71. The van der Waals surface area contributed by atoms with Gasteiger partial charge in [0.2, 0.25) is 0 Å². The molecule has 2 nitrogen and oxygen atoms in total. The summed E-state index contributed by atoms with van der Waals surface area (Å²) in [7, 11) is 0. The van der Waals surface area contributed by atoms with Crippen LogP contribution in [0.15, 0.2) is 18.2 Å². The molecule has 1 aromatic carbocycles. The van der Waals surface area contributed by atoms with Crippen molar-refractivity contribution in [2.75, 3.05) is 6.54 Å². The number of aryl methyl sites for hydroxylation is 1. The van der Waals surface area contributed by atoms with Gasteiger partial charge in [-0.1, -0.05) is 19.4 Å². The van der Waals surface area contributed by atoms with Crippen LogP contribution in [0.25, 0.3) is 0 Å². The van der Waals surface area contributed by atoms with Gasteiger partial charge in [-0.25, -0.2) is 0 Å². The van der Waals surface area contributed by atoms with E-state index in [4.69, 9.17) is 0 Å². The van der Waals surface area contributed by atoms with Gasteiger partial charge in [0.15, 0.2) is 0 Å². The van der Waals surface area contributed by atoms with E-state index in [0.717, 1.165) is 13.0 Å². The molecule has 2 N–H and O–H groups in total. The SMILES string of the molecule is CC1(CNC2CCCc3cc(O)ccc32)CCC1. The smallest absolute Gasteiger partial charge is 0.115 e. The predicted octanol–water partition coefficient (Wildman–Crippen LogP) is 3.55. The number of nitrogens with one attached hydrogen (secondary N) is 1. The lowest BCUT2D eigenvalue weighted by Crippen LogP contribution is -2.39. The van der Waals surface area contributed by atoms with Crippen molar-refractivity contribution < 1.29 is 5.11 Å². The highest BCUT2D eigenvalue weighted by molar-refractivity contribution is 5.38. The van der Waals surface area contributed by atoms with E-state index in [9.17, 15) is 5.11 Å². The van der Waals surface area contributed by atoms with E-state index in [0.29, 0.717) is 17.2 Å². The monoisotopic (exact) mass is 245 g/mol. The maximum absolute atomic E-state index is 9.56. The van der Waals surface area contributed by atoms with Gasteiger partial charge in [0, 0.05) is 12.6 Å². The van der Waals surface area contributed by atoms with Crippen molar-refractivity contribution >= 4 is 0 Å². The third-order valence-electron chi connectivity index (χ3n) is 4.78. The first-order valence-electron chi connectivity index (χ1n) is 7.22. The molecule has 2 aliphatic rings. The maximum atomic E-state index is 9.56. The van der Waals surface area contributed by atoms with E-state index in [2.05, 4.69) is 18.3 Å². The predicted molar refractivity (Wildman–Crippen MR) is 73.7 cm³/mol. The molecule has 1 saturated carbocycles. The van der Waals surface area contributed by atoms with Crippen molar-refractivity contribution in [3.8, 4) is 5.75 Å². The van der Waals surface area contributed by atoms with E-state index < -0.39 is 0 Å². The minimum absolute atomic E-state index is 0.403.